The fraction of sp³-hybridized carbons (Fsp3) is 0.692. The van der Waals surface area contributed by atoms with Gasteiger partial charge < -0.3 is 14.6 Å². The monoisotopic (exact) mass is 380 g/mol. The number of aliphatic hydroxyl groups is 1. The first-order valence-corrected chi connectivity index (χ1v) is 8.28. The Morgan fingerprint density at radius 2 is 2.39 bits per heavy atom. The van der Waals surface area contributed by atoms with Crippen molar-refractivity contribution in [2.45, 2.75) is 31.0 Å². The van der Waals surface area contributed by atoms with Gasteiger partial charge in [-0.3, -0.25) is 0 Å². The van der Waals surface area contributed by atoms with Crippen molar-refractivity contribution >= 4 is 33.9 Å². The first kappa shape index (κ1) is 13.3. The van der Waals surface area contributed by atoms with Crippen LogP contribution in [0.1, 0.15) is 30.9 Å². The molecular formula is C13H17IO3S. The van der Waals surface area contributed by atoms with Crippen molar-refractivity contribution in [3.05, 3.63) is 19.9 Å². The van der Waals surface area contributed by atoms with E-state index in [1.165, 1.54) is 2.88 Å². The third-order valence-electron chi connectivity index (χ3n) is 3.97. The Morgan fingerprint density at radius 1 is 1.50 bits per heavy atom. The van der Waals surface area contributed by atoms with Crippen LogP contribution < -0.4 is 0 Å². The second-order valence-electron chi connectivity index (χ2n) is 5.22. The molecule has 3 unspecified atom stereocenters. The van der Waals surface area contributed by atoms with E-state index in [4.69, 9.17) is 9.47 Å². The summed E-state index contributed by atoms with van der Waals surface area (Å²) in [5.41, 5.74) is 0.943. The number of thiophene rings is 1. The van der Waals surface area contributed by atoms with Gasteiger partial charge >= 0.3 is 0 Å². The molecule has 5 heteroatoms. The van der Waals surface area contributed by atoms with E-state index in [1.54, 1.807) is 11.3 Å². The van der Waals surface area contributed by atoms with Crippen molar-refractivity contribution in [2.24, 2.45) is 5.92 Å². The van der Waals surface area contributed by atoms with Crippen molar-refractivity contribution < 1.29 is 14.6 Å². The maximum Gasteiger partial charge on any atom is 0.0940 e. The van der Waals surface area contributed by atoms with E-state index in [-0.39, 0.29) is 11.7 Å². The second kappa shape index (κ2) is 5.36. The minimum atomic E-state index is -0.355. The molecule has 1 N–H and O–H groups in total. The van der Waals surface area contributed by atoms with Gasteiger partial charge in [0.1, 0.15) is 0 Å². The zero-order valence-corrected chi connectivity index (χ0v) is 13.1. The summed E-state index contributed by atoms with van der Waals surface area (Å²) < 4.78 is 12.6. The van der Waals surface area contributed by atoms with Gasteiger partial charge in [-0.15, -0.1) is 11.3 Å². The van der Waals surface area contributed by atoms with Gasteiger partial charge in [0.05, 0.1) is 21.2 Å². The molecule has 2 fully saturated rings. The predicted molar refractivity (Wildman–Crippen MR) is 78.8 cm³/mol. The van der Waals surface area contributed by atoms with Gasteiger partial charge in [-0.25, -0.2) is 0 Å². The zero-order chi connectivity index (χ0) is 12.6. The molecule has 3 rings (SSSR count). The highest BCUT2D eigenvalue weighted by molar-refractivity contribution is 14.1. The van der Waals surface area contributed by atoms with E-state index >= 15 is 0 Å². The fourth-order valence-electron chi connectivity index (χ4n) is 2.95. The van der Waals surface area contributed by atoms with Crippen molar-refractivity contribution in [3.63, 3.8) is 0 Å². The summed E-state index contributed by atoms with van der Waals surface area (Å²) in [4.78, 5) is 0. The summed E-state index contributed by atoms with van der Waals surface area (Å²) in [6.45, 7) is 2.23. The minimum Gasteiger partial charge on any atom is -0.388 e. The van der Waals surface area contributed by atoms with Gasteiger partial charge in [0, 0.05) is 19.6 Å². The number of rotatable bonds is 2. The Morgan fingerprint density at radius 3 is 3.06 bits per heavy atom. The Hall–Kier alpha value is 0.310. The third-order valence-corrected chi connectivity index (χ3v) is 5.78. The molecule has 0 aliphatic carbocycles. The van der Waals surface area contributed by atoms with Crippen LogP contribution in [-0.4, -0.2) is 30.5 Å². The number of halogens is 1. The molecule has 1 spiro atoms. The average molecular weight is 380 g/mol. The molecule has 2 saturated heterocycles. The van der Waals surface area contributed by atoms with Crippen LogP contribution in [0.15, 0.2) is 11.4 Å². The molecule has 0 bridgehead atoms. The smallest absolute Gasteiger partial charge is 0.0940 e. The highest BCUT2D eigenvalue weighted by Crippen LogP contribution is 2.41. The molecule has 0 radical (unpaired) electrons. The van der Waals surface area contributed by atoms with E-state index in [0.29, 0.717) is 12.5 Å². The van der Waals surface area contributed by atoms with Crippen LogP contribution in [0.2, 0.25) is 0 Å². The van der Waals surface area contributed by atoms with E-state index in [0.717, 1.165) is 38.0 Å². The third kappa shape index (κ3) is 2.60. The molecule has 0 saturated carbocycles. The van der Waals surface area contributed by atoms with Gasteiger partial charge in [-0.2, -0.15) is 0 Å². The zero-order valence-electron chi connectivity index (χ0n) is 10.1. The summed E-state index contributed by atoms with van der Waals surface area (Å²) in [7, 11) is 0. The van der Waals surface area contributed by atoms with Crippen LogP contribution in [0.3, 0.4) is 0 Å². The standard InChI is InChI=1S/C13H17IO3S/c14-11-5-10(7-18-11)12(15)9-1-3-17-13(6-9)2-4-16-8-13/h5,7,9,12,15H,1-4,6,8H2. The summed E-state index contributed by atoms with van der Waals surface area (Å²) in [6.07, 6.45) is 2.47. The fourth-order valence-corrected chi connectivity index (χ4v) is 4.35. The van der Waals surface area contributed by atoms with Crippen LogP contribution >= 0.6 is 33.9 Å². The van der Waals surface area contributed by atoms with Gasteiger partial charge in [0.2, 0.25) is 0 Å². The molecule has 3 heterocycles. The topological polar surface area (TPSA) is 38.7 Å². The second-order valence-corrected chi connectivity index (χ2v) is 8.02. The quantitative estimate of drug-likeness (QED) is 0.802. The molecule has 1 aromatic heterocycles. The summed E-state index contributed by atoms with van der Waals surface area (Å²) in [6, 6.07) is 2.09. The Bertz CT molecular complexity index is 414. The van der Waals surface area contributed by atoms with Crippen LogP contribution in [0.25, 0.3) is 0 Å². The van der Waals surface area contributed by atoms with E-state index in [2.05, 4.69) is 34.0 Å². The molecule has 2 aliphatic rings. The minimum absolute atomic E-state index is 0.118. The highest BCUT2D eigenvalue weighted by atomic mass is 127. The van der Waals surface area contributed by atoms with E-state index < -0.39 is 0 Å². The highest BCUT2D eigenvalue weighted by Gasteiger charge is 2.43. The number of hydrogen-bond acceptors (Lipinski definition) is 4. The Labute approximate surface area is 125 Å². The first-order valence-electron chi connectivity index (χ1n) is 6.32. The van der Waals surface area contributed by atoms with E-state index in [9.17, 15) is 5.11 Å². The molecule has 3 atom stereocenters. The lowest BCUT2D eigenvalue weighted by atomic mass is 9.81. The maximum atomic E-state index is 10.5. The number of ether oxygens (including phenoxy) is 2. The van der Waals surface area contributed by atoms with Gasteiger partial charge in [0.15, 0.2) is 0 Å². The van der Waals surface area contributed by atoms with Crippen LogP contribution in [0, 0.1) is 8.80 Å². The van der Waals surface area contributed by atoms with Gasteiger partial charge in [-0.05, 0) is 58.4 Å². The normalized spacial score (nSPS) is 34.0. The van der Waals surface area contributed by atoms with Gasteiger partial charge in [-0.1, -0.05) is 0 Å². The molecule has 0 aromatic carbocycles. The number of aliphatic hydroxyl groups excluding tert-OH is 1. The van der Waals surface area contributed by atoms with Crippen molar-refractivity contribution in [1.29, 1.82) is 0 Å². The summed E-state index contributed by atoms with van der Waals surface area (Å²) >= 11 is 3.99. The lowest BCUT2D eigenvalue weighted by Gasteiger charge is -2.38. The van der Waals surface area contributed by atoms with Crippen LogP contribution in [-0.2, 0) is 9.47 Å². The summed E-state index contributed by atoms with van der Waals surface area (Å²) in [5.74, 6) is 0.297. The molecule has 18 heavy (non-hydrogen) atoms. The van der Waals surface area contributed by atoms with Gasteiger partial charge in [0.25, 0.3) is 0 Å². The number of hydrogen-bond donors (Lipinski definition) is 1. The molecule has 100 valence electrons. The predicted octanol–water partition coefficient (Wildman–Crippen LogP) is 2.97. The van der Waals surface area contributed by atoms with Crippen LogP contribution in [0.5, 0.6) is 0 Å². The molecular weight excluding hydrogens is 363 g/mol. The average Bonchev–Trinajstić information content (AvgIpc) is 2.98. The molecule has 1 aromatic rings. The lowest BCUT2D eigenvalue weighted by Crippen LogP contribution is -2.41. The first-order chi connectivity index (χ1) is 8.69. The molecule has 3 nitrogen and oxygen atoms in total. The van der Waals surface area contributed by atoms with Crippen LogP contribution in [0.4, 0.5) is 0 Å². The molecule has 2 aliphatic heterocycles. The molecule has 0 amide bonds. The lowest BCUT2D eigenvalue weighted by molar-refractivity contribution is -0.117. The van der Waals surface area contributed by atoms with Crippen molar-refractivity contribution in [1.82, 2.24) is 0 Å². The Balaban J connectivity index is 1.72. The van der Waals surface area contributed by atoms with E-state index in [1.807, 2.05) is 0 Å². The van der Waals surface area contributed by atoms with Crippen molar-refractivity contribution in [3.8, 4) is 0 Å². The largest absolute Gasteiger partial charge is 0.388 e. The SMILES string of the molecule is OC(c1csc(I)c1)C1CCOC2(CCOC2)C1. The van der Waals surface area contributed by atoms with Crippen molar-refractivity contribution in [2.75, 3.05) is 19.8 Å². The maximum absolute atomic E-state index is 10.5. The Kier molecular flexibility index (Phi) is 3.96. The summed E-state index contributed by atoms with van der Waals surface area (Å²) in [5, 5.41) is 12.6.